The maximum absolute atomic E-state index is 13.2. The maximum atomic E-state index is 13.2. The van der Waals surface area contributed by atoms with Gasteiger partial charge in [0.2, 0.25) is 5.91 Å². The van der Waals surface area contributed by atoms with Gasteiger partial charge in [-0.2, -0.15) is 0 Å². The van der Waals surface area contributed by atoms with E-state index >= 15 is 0 Å². The molecule has 32 heavy (non-hydrogen) atoms. The third kappa shape index (κ3) is 5.36. The zero-order valence-electron chi connectivity index (χ0n) is 17.5. The van der Waals surface area contributed by atoms with Gasteiger partial charge in [-0.05, 0) is 48.0 Å². The molecule has 0 unspecified atom stereocenters. The summed E-state index contributed by atoms with van der Waals surface area (Å²) in [5.74, 6) is 0.772. The fourth-order valence-corrected chi connectivity index (χ4v) is 4.08. The molecule has 4 rings (SSSR count). The summed E-state index contributed by atoms with van der Waals surface area (Å²) < 4.78 is 6.92. The molecule has 1 fully saturated rings. The summed E-state index contributed by atoms with van der Waals surface area (Å²) in [5, 5.41) is 0. The number of ether oxygens (including phenoxy) is 1. The van der Waals surface area contributed by atoms with Crippen LogP contribution in [0.25, 0.3) is 0 Å². The number of amides is 2. The molecule has 0 aliphatic carbocycles. The number of carbonyl (C=O) groups is 2. The maximum Gasteiger partial charge on any atom is 0.257 e. The van der Waals surface area contributed by atoms with Crippen molar-refractivity contribution < 1.29 is 14.3 Å². The van der Waals surface area contributed by atoms with Crippen molar-refractivity contribution in [2.24, 2.45) is 5.73 Å². The van der Waals surface area contributed by atoms with E-state index in [-0.39, 0.29) is 5.91 Å². The minimum Gasteiger partial charge on any atom is -0.456 e. The first-order chi connectivity index (χ1) is 15.5. The van der Waals surface area contributed by atoms with Crippen molar-refractivity contribution in [3.8, 4) is 11.5 Å². The molecule has 1 saturated heterocycles. The van der Waals surface area contributed by atoms with Crippen molar-refractivity contribution in [2.75, 3.05) is 26.2 Å². The molecule has 0 bridgehead atoms. The number of nitrogens with two attached hydrogens (primary N) is 1. The second kappa shape index (κ2) is 9.97. The van der Waals surface area contributed by atoms with Crippen LogP contribution in [0.4, 0.5) is 0 Å². The molecule has 1 aliphatic heterocycles. The van der Waals surface area contributed by atoms with Gasteiger partial charge in [-0.1, -0.05) is 46.3 Å². The van der Waals surface area contributed by atoms with Gasteiger partial charge in [-0.25, -0.2) is 0 Å². The third-order valence-corrected chi connectivity index (χ3v) is 5.94. The summed E-state index contributed by atoms with van der Waals surface area (Å²) >= 11 is 3.44. The van der Waals surface area contributed by atoms with Crippen LogP contribution in [-0.2, 0) is 6.54 Å². The highest BCUT2D eigenvalue weighted by Gasteiger charge is 2.24. The van der Waals surface area contributed by atoms with Crippen LogP contribution in [0.5, 0.6) is 11.5 Å². The Hall–Kier alpha value is -3.16. The van der Waals surface area contributed by atoms with Crippen LogP contribution in [0.2, 0.25) is 0 Å². The molecular formula is C25H24BrN3O3. The normalized spacial score (nSPS) is 14.2. The van der Waals surface area contributed by atoms with Crippen LogP contribution in [0.1, 0.15) is 26.3 Å². The predicted octanol–water partition coefficient (Wildman–Crippen LogP) is 4.30. The van der Waals surface area contributed by atoms with Crippen molar-refractivity contribution in [3.05, 3.63) is 94.0 Å². The molecule has 7 heteroatoms. The van der Waals surface area contributed by atoms with E-state index in [1.165, 1.54) is 0 Å². The van der Waals surface area contributed by atoms with Crippen LogP contribution >= 0.6 is 15.9 Å². The Morgan fingerprint density at radius 2 is 1.62 bits per heavy atom. The fraction of sp³-hybridized carbons (Fsp3) is 0.200. The van der Waals surface area contributed by atoms with E-state index in [9.17, 15) is 9.59 Å². The summed E-state index contributed by atoms with van der Waals surface area (Å²) in [6, 6.07) is 22.2. The number of hydrogen-bond donors (Lipinski definition) is 1. The second-order valence-corrected chi connectivity index (χ2v) is 8.60. The topological polar surface area (TPSA) is 75.9 Å². The van der Waals surface area contributed by atoms with E-state index in [1.807, 2.05) is 65.6 Å². The molecule has 2 amide bonds. The summed E-state index contributed by atoms with van der Waals surface area (Å²) in [6.45, 7) is 3.60. The molecule has 1 heterocycles. The molecule has 6 nitrogen and oxygen atoms in total. The van der Waals surface area contributed by atoms with Crippen molar-refractivity contribution in [1.82, 2.24) is 9.80 Å². The van der Waals surface area contributed by atoms with Gasteiger partial charge >= 0.3 is 0 Å². The third-order valence-electron chi connectivity index (χ3n) is 5.45. The van der Waals surface area contributed by atoms with Gasteiger partial charge in [0.1, 0.15) is 11.5 Å². The Bertz CT molecular complexity index is 1110. The Labute approximate surface area is 195 Å². The molecule has 164 valence electrons. The lowest BCUT2D eigenvalue weighted by Gasteiger charge is -2.35. The summed E-state index contributed by atoms with van der Waals surface area (Å²) in [5.41, 5.74) is 7.48. The zero-order chi connectivity index (χ0) is 22.5. The van der Waals surface area contributed by atoms with Crippen molar-refractivity contribution in [2.45, 2.75) is 6.54 Å². The van der Waals surface area contributed by atoms with Gasteiger partial charge in [-0.3, -0.25) is 14.5 Å². The molecule has 3 aromatic carbocycles. The second-order valence-electron chi connectivity index (χ2n) is 7.69. The first-order valence-corrected chi connectivity index (χ1v) is 11.2. The first-order valence-electron chi connectivity index (χ1n) is 10.4. The SMILES string of the molecule is NC(=O)c1ccc(CN2CCN(C(=O)c3ccccc3Oc3cccc(Br)c3)CC2)cc1. The number of rotatable bonds is 6. The lowest BCUT2D eigenvalue weighted by atomic mass is 10.1. The van der Waals surface area contributed by atoms with Crippen LogP contribution in [-0.4, -0.2) is 47.8 Å². The number of nitrogens with zero attached hydrogens (tertiary/aromatic N) is 2. The zero-order valence-corrected chi connectivity index (χ0v) is 19.1. The minimum absolute atomic E-state index is 0.0268. The van der Waals surface area contributed by atoms with Crippen LogP contribution in [0.3, 0.4) is 0 Å². The van der Waals surface area contributed by atoms with Crippen molar-refractivity contribution in [3.63, 3.8) is 0 Å². The van der Waals surface area contributed by atoms with E-state index in [1.54, 1.807) is 12.1 Å². The number of piperazine rings is 1. The largest absolute Gasteiger partial charge is 0.456 e. The molecule has 0 atom stereocenters. The Balaban J connectivity index is 1.38. The highest BCUT2D eigenvalue weighted by molar-refractivity contribution is 9.10. The summed E-state index contributed by atoms with van der Waals surface area (Å²) in [6.07, 6.45) is 0. The lowest BCUT2D eigenvalue weighted by molar-refractivity contribution is 0.0626. The average molecular weight is 494 g/mol. The van der Waals surface area contributed by atoms with E-state index in [2.05, 4.69) is 20.8 Å². The van der Waals surface area contributed by atoms with Gasteiger partial charge in [0, 0.05) is 42.8 Å². The Morgan fingerprint density at radius 3 is 2.31 bits per heavy atom. The minimum atomic E-state index is -0.423. The van der Waals surface area contributed by atoms with E-state index < -0.39 is 5.91 Å². The van der Waals surface area contributed by atoms with Gasteiger partial charge in [0.05, 0.1) is 5.56 Å². The first kappa shape index (κ1) is 22.0. The molecule has 3 aromatic rings. The van der Waals surface area contributed by atoms with Crippen LogP contribution in [0, 0.1) is 0 Å². The monoisotopic (exact) mass is 493 g/mol. The highest BCUT2D eigenvalue weighted by atomic mass is 79.9. The lowest BCUT2D eigenvalue weighted by Crippen LogP contribution is -2.48. The molecule has 2 N–H and O–H groups in total. The molecule has 1 aliphatic rings. The van der Waals surface area contributed by atoms with Gasteiger partial charge in [0.25, 0.3) is 5.91 Å². The molecule has 0 saturated carbocycles. The Kier molecular flexibility index (Phi) is 6.87. The van der Waals surface area contributed by atoms with Crippen molar-refractivity contribution >= 4 is 27.7 Å². The number of primary amides is 1. The number of carbonyl (C=O) groups excluding carboxylic acids is 2. The quantitative estimate of drug-likeness (QED) is 0.555. The van der Waals surface area contributed by atoms with Crippen molar-refractivity contribution in [1.29, 1.82) is 0 Å². The van der Waals surface area contributed by atoms with Crippen LogP contribution < -0.4 is 10.5 Å². The average Bonchev–Trinajstić information content (AvgIpc) is 2.80. The molecule has 0 radical (unpaired) electrons. The van der Waals surface area contributed by atoms with E-state index in [0.29, 0.717) is 35.7 Å². The molecule has 0 aromatic heterocycles. The van der Waals surface area contributed by atoms with Gasteiger partial charge in [-0.15, -0.1) is 0 Å². The number of halogens is 1. The molecular weight excluding hydrogens is 470 g/mol. The van der Waals surface area contributed by atoms with Gasteiger partial charge < -0.3 is 15.4 Å². The Morgan fingerprint density at radius 1 is 0.906 bits per heavy atom. The summed E-state index contributed by atoms with van der Waals surface area (Å²) in [4.78, 5) is 28.6. The summed E-state index contributed by atoms with van der Waals surface area (Å²) in [7, 11) is 0. The molecule has 0 spiro atoms. The smallest absolute Gasteiger partial charge is 0.257 e. The predicted molar refractivity (Wildman–Crippen MR) is 127 cm³/mol. The van der Waals surface area contributed by atoms with Crippen LogP contribution in [0.15, 0.2) is 77.3 Å². The fourth-order valence-electron chi connectivity index (χ4n) is 3.70. The number of para-hydroxylation sites is 1. The van der Waals surface area contributed by atoms with E-state index in [4.69, 9.17) is 10.5 Å². The number of hydrogen-bond acceptors (Lipinski definition) is 4. The standard InChI is InChI=1S/C25H24BrN3O3/c26-20-4-3-5-21(16-20)32-23-7-2-1-6-22(23)25(31)29-14-12-28(13-15-29)17-18-8-10-19(11-9-18)24(27)30/h1-11,16H,12-15,17H2,(H2,27,30). The van der Waals surface area contributed by atoms with E-state index in [0.717, 1.165) is 29.7 Å². The number of benzene rings is 3. The van der Waals surface area contributed by atoms with Gasteiger partial charge in [0.15, 0.2) is 0 Å². The highest BCUT2D eigenvalue weighted by Crippen LogP contribution is 2.28.